The Bertz CT molecular complexity index is 712. The summed E-state index contributed by atoms with van der Waals surface area (Å²) in [5, 5.41) is 3.49. The lowest BCUT2D eigenvalue weighted by atomic mass is 10.1. The Hall–Kier alpha value is -2.18. The van der Waals surface area contributed by atoms with E-state index in [4.69, 9.17) is 9.72 Å². The molecule has 3 heterocycles. The van der Waals surface area contributed by atoms with Crippen molar-refractivity contribution in [3.8, 4) is 0 Å². The van der Waals surface area contributed by atoms with E-state index in [1.807, 2.05) is 30.5 Å². The van der Waals surface area contributed by atoms with Gasteiger partial charge in [-0.2, -0.15) is 4.98 Å². The molecule has 0 spiro atoms. The van der Waals surface area contributed by atoms with Crippen LogP contribution < -0.4 is 10.2 Å². The van der Waals surface area contributed by atoms with Gasteiger partial charge in [-0.3, -0.25) is 4.90 Å². The summed E-state index contributed by atoms with van der Waals surface area (Å²) in [6.07, 6.45) is 7.07. The van der Waals surface area contributed by atoms with E-state index in [1.165, 1.54) is 31.2 Å². The third-order valence-electron chi connectivity index (χ3n) is 5.52. The quantitative estimate of drug-likeness (QED) is 0.709. The highest BCUT2D eigenvalue weighted by atomic mass is 16.5. The Morgan fingerprint density at radius 1 is 1.00 bits per heavy atom. The number of anilines is 2. The van der Waals surface area contributed by atoms with Gasteiger partial charge in [-0.05, 0) is 24.5 Å². The zero-order chi connectivity index (χ0) is 19.0. The Morgan fingerprint density at radius 2 is 1.79 bits per heavy atom. The Labute approximate surface area is 167 Å². The van der Waals surface area contributed by atoms with Crippen molar-refractivity contribution in [1.29, 1.82) is 0 Å². The maximum Gasteiger partial charge on any atom is 0.224 e. The number of hydrogen-bond donors (Lipinski definition) is 1. The summed E-state index contributed by atoms with van der Waals surface area (Å²) in [6.45, 7) is 6.68. The van der Waals surface area contributed by atoms with Gasteiger partial charge >= 0.3 is 0 Å². The number of nitrogens with one attached hydrogen (secondary N) is 1. The third kappa shape index (κ3) is 5.42. The number of benzene rings is 1. The average molecular weight is 382 g/mol. The summed E-state index contributed by atoms with van der Waals surface area (Å²) in [7, 11) is 0. The van der Waals surface area contributed by atoms with Crippen molar-refractivity contribution in [3.05, 3.63) is 48.2 Å². The highest BCUT2D eigenvalue weighted by molar-refractivity contribution is 5.43. The van der Waals surface area contributed by atoms with Crippen LogP contribution in [0, 0.1) is 0 Å². The van der Waals surface area contributed by atoms with Crippen molar-refractivity contribution in [2.75, 3.05) is 49.5 Å². The molecule has 0 radical (unpaired) electrons. The lowest BCUT2D eigenvalue weighted by Gasteiger charge is -2.39. The minimum Gasteiger partial charge on any atom is -0.375 e. The van der Waals surface area contributed by atoms with Crippen LogP contribution in [0.3, 0.4) is 0 Å². The van der Waals surface area contributed by atoms with Crippen LogP contribution in [0.1, 0.15) is 31.2 Å². The lowest BCUT2D eigenvalue weighted by Crippen LogP contribution is -2.55. The van der Waals surface area contributed by atoms with Crippen LogP contribution in [0.15, 0.2) is 42.6 Å². The molecular weight excluding hydrogens is 350 g/mol. The maximum absolute atomic E-state index is 5.78. The van der Waals surface area contributed by atoms with E-state index in [1.54, 1.807) is 0 Å². The summed E-state index contributed by atoms with van der Waals surface area (Å²) in [6, 6.07) is 12.8. The number of nitrogens with zero attached hydrogens (tertiary/aromatic N) is 4. The fourth-order valence-corrected chi connectivity index (χ4v) is 3.88. The molecule has 4 rings (SSSR count). The molecule has 28 heavy (non-hydrogen) atoms. The maximum atomic E-state index is 5.78. The van der Waals surface area contributed by atoms with Gasteiger partial charge in [0.1, 0.15) is 5.82 Å². The van der Waals surface area contributed by atoms with Crippen molar-refractivity contribution < 1.29 is 4.74 Å². The molecule has 2 aromatic rings. The largest absolute Gasteiger partial charge is 0.375 e. The summed E-state index contributed by atoms with van der Waals surface area (Å²) in [5.74, 6) is 1.82. The molecule has 2 aliphatic rings. The van der Waals surface area contributed by atoms with E-state index >= 15 is 0 Å². The van der Waals surface area contributed by atoms with Crippen molar-refractivity contribution in [1.82, 2.24) is 14.9 Å². The molecular formula is C22H31N5O. The molecule has 1 aromatic heterocycles. The molecule has 0 atom stereocenters. The molecule has 2 fully saturated rings. The van der Waals surface area contributed by atoms with Crippen LogP contribution in [0.25, 0.3) is 0 Å². The molecule has 1 aromatic carbocycles. The molecule has 0 aliphatic carbocycles. The van der Waals surface area contributed by atoms with Gasteiger partial charge in [0, 0.05) is 38.9 Å². The van der Waals surface area contributed by atoms with Gasteiger partial charge in [0.25, 0.3) is 0 Å². The van der Waals surface area contributed by atoms with Crippen molar-refractivity contribution in [2.24, 2.45) is 0 Å². The van der Waals surface area contributed by atoms with E-state index in [0.717, 1.165) is 51.1 Å². The van der Waals surface area contributed by atoms with Gasteiger partial charge < -0.3 is 15.0 Å². The van der Waals surface area contributed by atoms with Crippen LogP contribution in [-0.2, 0) is 11.3 Å². The minimum atomic E-state index is 0.425. The Morgan fingerprint density at radius 3 is 2.57 bits per heavy atom. The standard InChI is InChI=1S/C22H31N5O/c1-2-7-13-27(12-6-1)21-10-11-23-22(25-21)24-20-16-26(17-20)14-15-28-18-19-8-4-3-5-9-19/h3-5,8-11,20H,1-2,6-7,12-18H2,(H,23,24,25). The smallest absolute Gasteiger partial charge is 0.224 e. The topological polar surface area (TPSA) is 53.5 Å². The number of likely N-dealkylation sites (tertiary alicyclic amines) is 1. The molecule has 2 aliphatic heterocycles. The molecule has 6 nitrogen and oxygen atoms in total. The average Bonchev–Trinajstić information content (AvgIpc) is 2.99. The van der Waals surface area contributed by atoms with Crippen molar-refractivity contribution in [3.63, 3.8) is 0 Å². The first kappa shape index (κ1) is 19.2. The summed E-state index contributed by atoms with van der Waals surface area (Å²) in [4.78, 5) is 14.0. The van der Waals surface area contributed by atoms with E-state index in [-0.39, 0.29) is 0 Å². The second kappa shape index (κ2) is 9.85. The molecule has 2 saturated heterocycles. The van der Waals surface area contributed by atoms with Gasteiger partial charge in [-0.25, -0.2) is 4.98 Å². The first-order valence-corrected chi connectivity index (χ1v) is 10.6. The number of rotatable bonds is 8. The first-order chi connectivity index (χ1) is 13.9. The van der Waals surface area contributed by atoms with Crippen LogP contribution in [0.2, 0.25) is 0 Å². The van der Waals surface area contributed by atoms with Gasteiger partial charge in [0.2, 0.25) is 5.95 Å². The molecule has 0 amide bonds. The predicted molar refractivity (Wildman–Crippen MR) is 113 cm³/mol. The number of ether oxygens (including phenoxy) is 1. The van der Waals surface area contributed by atoms with E-state index in [2.05, 4.69) is 32.2 Å². The van der Waals surface area contributed by atoms with E-state index in [9.17, 15) is 0 Å². The monoisotopic (exact) mass is 381 g/mol. The minimum absolute atomic E-state index is 0.425. The zero-order valence-corrected chi connectivity index (χ0v) is 16.6. The molecule has 1 N–H and O–H groups in total. The third-order valence-corrected chi connectivity index (χ3v) is 5.52. The second-order valence-electron chi connectivity index (χ2n) is 7.78. The van der Waals surface area contributed by atoms with Gasteiger partial charge in [0.05, 0.1) is 19.3 Å². The fourth-order valence-electron chi connectivity index (χ4n) is 3.88. The molecule has 6 heteroatoms. The van der Waals surface area contributed by atoms with Crippen LogP contribution >= 0.6 is 0 Å². The fraction of sp³-hybridized carbons (Fsp3) is 0.545. The van der Waals surface area contributed by atoms with Crippen LogP contribution in [-0.4, -0.2) is 60.2 Å². The summed E-state index contributed by atoms with van der Waals surface area (Å²) in [5.41, 5.74) is 1.23. The Kier molecular flexibility index (Phi) is 6.73. The predicted octanol–water partition coefficient (Wildman–Crippen LogP) is 3.17. The SMILES string of the molecule is c1ccc(COCCN2CC(Nc3nccc(N4CCCCCC4)n3)C2)cc1. The Balaban J connectivity index is 1.16. The molecule has 0 unspecified atom stereocenters. The first-order valence-electron chi connectivity index (χ1n) is 10.6. The zero-order valence-electron chi connectivity index (χ0n) is 16.6. The highest BCUT2D eigenvalue weighted by Crippen LogP contribution is 2.19. The van der Waals surface area contributed by atoms with E-state index < -0.39 is 0 Å². The van der Waals surface area contributed by atoms with Crippen molar-refractivity contribution >= 4 is 11.8 Å². The van der Waals surface area contributed by atoms with Crippen LogP contribution in [0.5, 0.6) is 0 Å². The van der Waals surface area contributed by atoms with Gasteiger partial charge in [-0.1, -0.05) is 43.2 Å². The molecule has 0 bridgehead atoms. The second-order valence-corrected chi connectivity index (χ2v) is 7.78. The summed E-state index contributed by atoms with van der Waals surface area (Å²) < 4.78 is 5.78. The van der Waals surface area contributed by atoms with E-state index in [0.29, 0.717) is 12.6 Å². The van der Waals surface area contributed by atoms with Crippen molar-refractivity contribution in [2.45, 2.75) is 38.3 Å². The molecule has 150 valence electrons. The number of aromatic nitrogens is 2. The van der Waals surface area contributed by atoms with Gasteiger partial charge in [-0.15, -0.1) is 0 Å². The van der Waals surface area contributed by atoms with Gasteiger partial charge in [0.15, 0.2) is 0 Å². The normalized spacial score (nSPS) is 18.5. The summed E-state index contributed by atoms with van der Waals surface area (Å²) >= 11 is 0. The number of hydrogen-bond acceptors (Lipinski definition) is 6. The molecule has 0 saturated carbocycles. The van der Waals surface area contributed by atoms with Crippen LogP contribution in [0.4, 0.5) is 11.8 Å². The lowest BCUT2D eigenvalue weighted by molar-refractivity contribution is 0.0667. The highest BCUT2D eigenvalue weighted by Gasteiger charge is 2.26.